The molecular weight excluding hydrogens is 530 g/mol. The van der Waals surface area contributed by atoms with E-state index in [2.05, 4.69) is 63.7 Å². The van der Waals surface area contributed by atoms with Crippen molar-refractivity contribution in [2.75, 3.05) is 0 Å². The Morgan fingerprint density at radius 1 is 0.947 bits per heavy atom. The molecule has 0 N–H and O–H groups in total. The fourth-order valence-corrected chi connectivity index (χ4v) is 4.43. The summed E-state index contributed by atoms with van der Waals surface area (Å²) < 4.78 is 16.4. The molecule has 0 amide bonds. The molecule has 2 aromatic carbocycles. The lowest BCUT2D eigenvalue weighted by Gasteiger charge is -2.15. The molecule has 0 saturated carbocycles. The SMILES string of the molecule is Fc1cc(Br)c(Cl)cc1C(Br)c1ccc(Br)cc1Br. The van der Waals surface area contributed by atoms with Crippen LogP contribution in [0.15, 0.2) is 43.7 Å². The van der Waals surface area contributed by atoms with Gasteiger partial charge >= 0.3 is 0 Å². The van der Waals surface area contributed by atoms with E-state index in [0.29, 0.717) is 15.1 Å². The third-order valence-electron chi connectivity index (χ3n) is 2.55. The molecule has 0 aromatic heterocycles. The van der Waals surface area contributed by atoms with Crippen LogP contribution in [-0.4, -0.2) is 0 Å². The van der Waals surface area contributed by atoms with Gasteiger partial charge in [-0.3, -0.25) is 0 Å². The van der Waals surface area contributed by atoms with Gasteiger partial charge < -0.3 is 0 Å². The predicted octanol–water partition coefficient (Wildman–Crippen LogP) is 7.25. The van der Waals surface area contributed by atoms with Crippen molar-refractivity contribution in [2.45, 2.75) is 4.83 Å². The van der Waals surface area contributed by atoms with E-state index in [1.165, 1.54) is 6.07 Å². The highest BCUT2D eigenvalue weighted by atomic mass is 79.9. The van der Waals surface area contributed by atoms with Gasteiger partial charge in [0.25, 0.3) is 0 Å². The minimum absolute atomic E-state index is 0.277. The Kier molecular flexibility index (Phi) is 5.51. The molecule has 0 bridgehead atoms. The van der Waals surface area contributed by atoms with Crippen LogP contribution in [0.3, 0.4) is 0 Å². The van der Waals surface area contributed by atoms with Crippen molar-refractivity contribution in [2.24, 2.45) is 0 Å². The highest BCUT2D eigenvalue weighted by molar-refractivity contribution is 9.11. The van der Waals surface area contributed by atoms with Gasteiger partial charge in [-0.25, -0.2) is 4.39 Å². The second-order valence-corrected chi connectivity index (χ2v) is 7.76. The molecule has 0 spiro atoms. The summed E-state index contributed by atoms with van der Waals surface area (Å²) in [5, 5.41) is 0.481. The maximum Gasteiger partial charge on any atom is 0.129 e. The highest BCUT2D eigenvalue weighted by Gasteiger charge is 2.19. The Balaban J connectivity index is 2.49. The van der Waals surface area contributed by atoms with Crippen molar-refractivity contribution >= 4 is 75.3 Å². The Hall–Kier alpha value is 0.580. The first-order chi connectivity index (χ1) is 8.90. The van der Waals surface area contributed by atoms with Crippen LogP contribution in [0.1, 0.15) is 16.0 Å². The molecule has 2 rings (SSSR count). The largest absolute Gasteiger partial charge is 0.207 e. The maximum atomic E-state index is 14.0. The summed E-state index contributed by atoms with van der Waals surface area (Å²) in [5.41, 5.74) is 1.43. The number of rotatable bonds is 2. The number of halogens is 6. The van der Waals surface area contributed by atoms with Gasteiger partial charge in [0.2, 0.25) is 0 Å². The molecule has 0 radical (unpaired) electrons. The summed E-state index contributed by atoms with van der Waals surface area (Å²) in [6, 6.07) is 8.74. The van der Waals surface area contributed by atoms with E-state index in [1.54, 1.807) is 6.07 Å². The fourth-order valence-electron chi connectivity index (χ4n) is 1.61. The Bertz CT molecular complexity index is 630. The molecule has 0 saturated heterocycles. The van der Waals surface area contributed by atoms with Crippen molar-refractivity contribution in [3.63, 3.8) is 0 Å². The fraction of sp³-hybridized carbons (Fsp3) is 0.0769. The van der Waals surface area contributed by atoms with Crippen molar-refractivity contribution in [1.82, 2.24) is 0 Å². The van der Waals surface area contributed by atoms with E-state index in [0.717, 1.165) is 14.5 Å². The number of alkyl halides is 1. The highest BCUT2D eigenvalue weighted by Crippen LogP contribution is 2.39. The Morgan fingerprint density at radius 2 is 1.63 bits per heavy atom. The first kappa shape index (κ1) is 16.0. The number of hydrogen-bond donors (Lipinski definition) is 0. The second-order valence-electron chi connectivity index (χ2n) is 3.82. The predicted molar refractivity (Wildman–Crippen MR) is 91.7 cm³/mol. The summed E-state index contributed by atoms with van der Waals surface area (Å²) in [7, 11) is 0. The minimum atomic E-state index is -0.312. The lowest BCUT2D eigenvalue weighted by Crippen LogP contribution is -1.98. The third-order valence-corrected chi connectivity index (χ3v) is 5.91. The lowest BCUT2D eigenvalue weighted by atomic mass is 10.0. The van der Waals surface area contributed by atoms with Gasteiger partial charge in [0.15, 0.2) is 0 Å². The maximum absolute atomic E-state index is 14.0. The van der Waals surface area contributed by atoms with Crippen LogP contribution < -0.4 is 0 Å². The van der Waals surface area contributed by atoms with E-state index < -0.39 is 0 Å². The summed E-state index contributed by atoms with van der Waals surface area (Å²) in [6.07, 6.45) is 0. The molecule has 0 heterocycles. The summed E-state index contributed by atoms with van der Waals surface area (Å²) in [5.74, 6) is -0.312. The van der Waals surface area contributed by atoms with Crippen LogP contribution in [-0.2, 0) is 0 Å². The average molecular weight is 536 g/mol. The van der Waals surface area contributed by atoms with Crippen molar-refractivity contribution in [3.05, 3.63) is 65.7 Å². The molecule has 0 aliphatic rings. The minimum Gasteiger partial charge on any atom is -0.207 e. The normalized spacial score (nSPS) is 12.5. The van der Waals surface area contributed by atoms with Crippen LogP contribution in [0.4, 0.5) is 4.39 Å². The van der Waals surface area contributed by atoms with Gasteiger partial charge in [0.05, 0.1) is 9.85 Å². The van der Waals surface area contributed by atoms with E-state index in [4.69, 9.17) is 11.6 Å². The third kappa shape index (κ3) is 3.62. The second kappa shape index (κ2) is 6.56. The molecule has 2 aromatic rings. The molecule has 0 nitrogen and oxygen atoms in total. The number of hydrogen-bond acceptors (Lipinski definition) is 0. The molecule has 0 aliphatic heterocycles. The quantitative estimate of drug-likeness (QED) is 0.280. The van der Waals surface area contributed by atoms with Crippen molar-refractivity contribution in [1.29, 1.82) is 0 Å². The zero-order chi connectivity index (χ0) is 14.2. The molecule has 100 valence electrons. The van der Waals surface area contributed by atoms with Gasteiger partial charge in [0, 0.05) is 19.0 Å². The molecule has 1 atom stereocenters. The first-order valence-corrected chi connectivity index (χ1v) is 8.81. The van der Waals surface area contributed by atoms with Crippen LogP contribution in [0, 0.1) is 5.82 Å². The van der Waals surface area contributed by atoms with Gasteiger partial charge in [0.1, 0.15) is 5.82 Å². The smallest absolute Gasteiger partial charge is 0.129 e. The molecule has 0 aliphatic carbocycles. The molecule has 19 heavy (non-hydrogen) atoms. The summed E-state index contributed by atoms with van der Waals surface area (Å²) in [4.78, 5) is -0.277. The molecular formula is C13H6Br4ClF. The Morgan fingerprint density at radius 3 is 2.26 bits per heavy atom. The summed E-state index contributed by atoms with van der Waals surface area (Å²) >= 11 is 19.6. The van der Waals surface area contributed by atoms with Gasteiger partial charge in [-0.1, -0.05) is 65.5 Å². The standard InChI is InChI=1S/C13H6Br4ClF/c14-6-1-2-7(9(15)3-6)13(17)8-4-11(18)10(16)5-12(8)19/h1-5,13H. The van der Waals surface area contributed by atoms with E-state index in [-0.39, 0.29) is 10.6 Å². The molecule has 1 unspecified atom stereocenters. The average Bonchev–Trinajstić information content (AvgIpc) is 2.33. The van der Waals surface area contributed by atoms with Crippen LogP contribution in [0.25, 0.3) is 0 Å². The summed E-state index contributed by atoms with van der Waals surface area (Å²) in [6.45, 7) is 0. The lowest BCUT2D eigenvalue weighted by molar-refractivity contribution is 0.612. The van der Waals surface area contributed by atoms with Crippen molar-refractivity contribution < 1.29 is 4.39 Å². The van der Waals surface area contributed by atoms with Gasteiger partial charge in [-0.05, 0) is 45.8 Å². The monoisotopic (exact) mass is 532 g/mol. The molecule has 0 fully saturated rings. The van der Waals surface area contributed by atoms with E-state index >= 15 is 0 Å². The first-order valence-electron chi connectivity index (χ1n) is 5.13. The molecule has 6 heteroatoms. The topological polar surface area (TPSA) is 0 Å². The van der Waals surface area contributed by atoms with Crippen LogP contribution in [0.2, 0.25) is 5.02 Å². The number of benzene rings is 2. The zero-order valence-electron chi connectivity index (χ0n) is 9.23. The van der Waals surface area contributed by atoms with Gasteiger partial charge in [-0.15, -0.1) is 0 Å². The zero-order valence-corrected chi connectivity index (χ0v) is 16.3. The van der Waals surface area contributed by atoms with Crippen LogP contribution in [0.5, 0.6) is 0 Å². The van der Waals surface area contributed by atoms with Gasteiger partial charge in [-0.2, -0.15) is 0 Å². The van der Waals surface area contributed by atoms with E-state index in [1.807, 2.05) is 18.2 Å². The van der Waals surface area contributed by atoms with Crippen molar-refractivity contribution in [3.8, 4) is 0 Å². The Labute approximate surface area is 149 Å². The van der Waals surface area contributed by atoms with E-state index in [9.17, 15) is 4.39 Å². The van der Waals surface area contributed by atoms with Crippen LogP contribution >= 0.6 is 75.3 Å².